The van der Waals surface area contributed by atoms with E-state index in [1.165, 1.54) is 5.56 Å². The van der Waals surface area contributed by atoms with Crippen molar-refractivity contribution in [3.8, 4) is 11.5 Å². The average Bonchev–Trinajstić information content (AvgIpc) is 2.98. The van der Waals surface area contributed by atoms with Gasteiger partial charge in [-0.05, 0) is 36.8 Å². The van der Waals surface area contributed by atoms with E-state index in [2.05, 4.69) is 26.7 Å². The van der Waals surface area contributed by atoms with Crippen LogP contribution in [0.5, 0.6) is 0 Å². The maximum Gasteiger partial charge on any atom is 0.191 e. The van der Waals surface area contributed by atoms with Gasteiger partial charge in [0, 0.05) is 23.5 Å². The summed E-state index contributed by atoms with van der Waals surface area (Å²) in [7, 11) is 0. The van der Waals surface area contributed by atoms with Crippen molar-refractivity contribution in [2.75, 3.05) is 0 Å². The Labute approximate surface area is 138 Å². The first-order valence-electron chi connectivity index (χ1n) is 6.99. The van der Waals surface area contributed by atoms with Crippen molar-refractivity contribution in [1.82, 2.24) is 19.7 Å². The second kappa shape index (κ2) is 6.94. The molecule has 1 aromatic carbocycles. The minimum atomic E-state index is 0.753. The van der Waals surface area contributed by atoms with Crippen LogP contribution in [0.15, 0.2) is 53.8 Å². The van der Waals surface area contributed by atoms with Gasteiger partial charge in [-0.1, -0.05) is 41.6 Å². The molecule has 0 aliphatic heterocycles. The Morgan fingerprint density at radius 1 is 1.09 bits per heavy atom. The largest absolute Gasteiger partial charge is 0.301 e. The smallest absolute Gasteiger partial charge is 0.191 e. The Kier molecular flexibility index (Phi) is 4.75. The molecule has 0 spiro atoms. The third-order valence-electron chi connectivity index (χ3n) is 3.21. The lowest BCUT2D eigenvalue weighted by Gasteiger charge is -2.06. The molecular weight excluding hydrogens is 316 g/mol. The molecule has 0 atom stereocenters. The average molecular weight is 331 g/mol. The van der Waals surface area contributed by atoms with Crippen molar-refractivity contribution in [2.24, 2.45) is 0 Å². The van der Waals surface area contributed by atoms with E-state index < -0.39 is 0 Å². The van der Waals surface area contributed by atoms with Gasteiger partial charge in [0.15, 0.2) is 11.0 Å². The van der Waals surface area contributed by atoms with E-state index in [1.54, 1.807) is 18.0 Å². The summed E-state index contributed by atoms with van der Waals surface area (Å²) in [5, 5.41) is 10.3. The van der Waals surface area contributed by atoms with Gasteiger partial charge in [-0.15, -0.1) is 10.2 Å². The van der Waals surface area contributed by atoms with Gasteiger partial charge in [0.25, 0.3) is 0 Å². The van der Waals surface area contributed by atoms with Crippen LogP contribution in [0.25, 0.3) is 11.5 Å². The SMILES string of the molecule is CCn1c(SCc2ccc(Cl)cc2)nnc1-c1ccccn1. The van der Waals surface area contributed by atoms with Gasteiger partial charge in [-0.3, -0.25) is 4.98 Å². The summed E-state index contributed by atoms with van der Waals surface area (Å²) in [6, 6.07) is 13.7. The molecule has 4 nitrogen and oxygen atoms in total. The van der Waals surface area contributed by atoms with Gasteiger partial charge in [0.1, 0.15) is 5.69 Å². The second-order valence-corrected chi connectivity index (χ2v) is 6.06. The number of halogens is 1. The molecule has 0 aliphatic rings. The summed E-state index contributed by atoms with van der Waals surface area (Å²) < 4.78 is 2.09. The highest BCUT2D eigenvalue weighted by Gasteiger charge is 2.13. The summed E-state index contributed by atoms with van der Waals surface area (Å²) in [6.07, 6.45) is 1.77. The van der Waals surface area contributed by atoms with Crippen LogP contribution >= 0.6 is 23.4 Å². The van der Waals surface area contributed by atoms with Crippen LogP contribution in [0.4, 0.5) is 0 Å². The maximum atomic E-state index is 5.91. The molecule has 6 heteroatoms. The fourth-order valence-corrected chi connectivity index (χ4v) is 3.18. The normalized spacial score (nSPS) is 10.8. The van der Waals surface area contributed by atoms with Crippen molar-refractivity contribution in [1.29, 1.82) is 0 Å². The molecule has 2 aromatic heterocycles. The summed E-state index contributed by atoms with van der Waals surface area (Å²) in [5.74, 6) is 1.64. The number of aromatic nitrogens is 4. The molecule has 0 saturated heterocycles. The Morgan fingerprint density at radius 3 is 2.59 bits per heavy atom. The molecule has 22 heavy (non-hydrogen) atoms. The molecule has 0 bridgehead atoms. The molecule has 2 heterocycles. The van der Waals surface area contributed by atoms with Crippen LogP contribution in [0.1, 0.15) is 12.5 Å². The van der Waals surface area contributed by atoms with E-state index in [4.69, 9.17) is 11.6 Å². The molecule has 0 saturated carbocycles. The number of pyridine rings is 1. The minimum Gasteiger partial charge on any atom is -0.301 e. The van der Waals surface area contributed by atoms with Gasteiger partial charge < -0.3 is 4.57 Å². The lowest BCUT2D eigenvalue weighted by Crippen LogP contribution is -2.00. The Morgan fingerprint density at radius 2 is 1.91 bits per heavy atom. The van der Waals surface area contributed by atoms with Gasteiger partial charge in [0.2, 0.25) is 0 Å². The molecule has 0 N–H and O–H groups in total. The van der Waals surface area contributed by atoms with Gasteiger partial charge >= 0.3 is 0 Å². The lowest BCUT2D eigenvalue weighted by atomic mass is 10.2. The van der Waals surface area contributed by atoms with Crippen molar-refractivity contribution in [3.63, 3.8) is 0 Å². The first kappa shape index (κ1) is 15.1. The van der Waals surface area contributed by atoms with E-state index >= 15 is 0 Å². The van der Waals surface area contributed by atoms with Crippen molar-refractivity contribution in [3.05, 3.63) is 59.2 Å². The quantitative estimate of drug-likeness (QED) is 0.654. The number of thioether (sulfide) groups is 1. The van der Waals surface area contributed by atoms with Crippen molar-refractivity contribution < 1.29 is 0 Å². The Hall–Kier alpha value is -1.85. The fourth-order valence-electron chi connectivity index (χ4n) is 2.09. The summed E-state index contributed by atoms with van der Waals surface area (Å²) in [6.45, 7) is 2.89. The zero-order valence-corrected chi connectivity index (χ0v) is 13.7. The van der Waals surface area contributed by atoms with Gasteiger partial charge in [-0.2, -0.15) is 0 Å². The van der Waals surface area contributed by atoms with E-state index in [0.717, 1.165) is 34.0 Å². The second-order valence-electron chi connectivity index (χ2n) is 4.68. The predicted molar refractivity (Wildman–Crippen MR) is 89.9 cm³/mol. The molecule has 0 fully saturated rings. The summed E-state index contributed by atoms with van der Waals surface area (Å²) >= 11 is 7.57. The third kappa shape index (κ3) is 3.31. The van der Waals surface area contributed by atoms with E-state index in [1.807, 2.05) is 42.5 Å². The fraction of sp³-hybridized carbons (Fsp3) is 0.188. The lowest BCUT2D eigenvalue weighted by molar-refractivity contribution is 0.686. The molecule has 3 rings (SSSR count). The predicted octanol–water partition coefficient (Wildman–Crippen LogP) is 4.31. The molecule has 0 aliphatic carbocycles. The van der Waals surface area contributed by atoms with Crippen molar-refractivity contribution >= 4 is 23.4 Å². The monoisotopic (exact) mass is 330 g/mol. The zero-order valence-electron chi connectivity index (χ0n) is 12.1. The first-order valence-corrected chi connectivity index (χ1v) is 8.36. The van der Waals surface area contributed by atoms with Crippen LogP contribution in [-0.4, -0.2) is 19.7 Å². The van der Waals surface area contributed by atoms with E-state index in [9.17, 15) is 0 Å². The standard InChI is InChI=1S/C16H15ClN4S/c1-2-21-15(14-5-3-4-10-18-14)19-20-16(21)22-11-12-6-8-13(17)9-7-12/h3-10H,2,11H2,1H3. The highest BCUT2D eigenvalue weighted by Crippen LogP contribution is 2.25. The molecule has 0 amide bonds. The highest BCUT2D eigenvalue weighted by molar-refractivity contribution is 7.98. The first-order chi connectivity index (χ1) is 10.8. The number of nitrogens with zero attached hydrogens (tertiary/aromatic N) is 4. The highest BCUT2D eigenvalue weighted by atomic mass is 35.5. The van der Waals surface area contributed by atoms with E-state index in [-0.39, 0.29) is 0 Å². The number of benzene rings is 1. The zero-order chi connectivity index (χ0) is 15.4. The molecule has 0 unspecified atom stereocenters. The van der Waals surface area contributed by atoms with Crippen LogP contribution in [0, 0.1) is 0 Å². The Bertz CT molecular complexity index is 741. The number of hydrogen-bond donors (Lipinski definition) is 0. The van der Waals surface area contributed by atoms with Gasteiger partial charge in [0.05, 0.1) is 0 Å². The molecule has 3 aromatic rings. The summed E-state index contributed by atoms with van der Waals surface area (Å²) in [5.41, 5.74) is 2.05. The number of hydrogen-bond acceptors (Lipinski definition) is 4. The third-order valence-corrected chi connectivity index (χ3v) is 4.50. The maximum absolute atomic E-state index is 5.91. The van der Waals surface area contributed by atoms with Crippen LogP contribution in [0.2, 0.25) is 5.02 Å². The summed E-state index contributed by atoms with van der Waals surface area (Å²) in [4.78, 5) is 4.35. The Balaban J connectivity index is 1.80. The van der Waals surface area contributed by atoms with E-state index in [0.29, 0.717) is 0 Å². The van der Waals surface area contributed by atoms with Crippen molar-refractivity contribution in [2.45, 2.75) is 24.4 Å². The van der Waals surface area contributed by atoms with Crippen LogP contribution in [-0.2, 0) is 12.3 Å². The topological polar surface area (TPSA) is 43.6 Å². The van der Waals surface area contributed by atoms with Crippen LogP contribution < -0.4 is 0 Å². The molecular formula is C16H15ClN4S. The molecule has 0 radical (unpaired) electrons. The minimum absolute atomic E-state index is 0.753. The van der Waals surface area contributed by atoms with Gasteiger partial charge in [-0.25, -0.2) is 0 Å². The molecule has 112 valence electrons. The number of rotatable bonds is 5. The van der Waals surface area contributed by atoms with Crippen LogP contribution in [0.3, 0.4) is 0 Å².